The molecule has 1 atom stereocenters. The van der Waals surface area contributed by atoms with Gasteiger partial charge in [0.15, 0.2) is 0 Å². The summed E-state index contributed by atoms with van der Waals surface area (Å²) in [6.07, 6.45) is 6.88. The molecule has 1 aromatic rings. The van der Waals surface area contributed by atoms with Gasteiger partial charge in [-0.25, -0.2) is 4.98 Å². The minimum Gasteiger partial charge on any atom is -0.376 e. The third-order valence-electron chi connectivity index (χ3n) is 3.84. The molecule has 0 saturated heterocycles. The summed E-state index contributed by atoms with van der Waals surface area (Å²) >= 11 is 0. The highest BCUT2D eigenvalue weighted by atomic mass is 16.5. The normalized spacial score (nSPS) is 13.8. The lowest BCUT2D eigenvalue weighted by atomic mass is 9.87. The summed E-state index contributed by atoms with van der Waals surface area (Å²) in [6, 6.07) is 0.137. The van der Waals surface area contributed by atoms with Crippen molar-refractivity contribution in [3.8, 4) is 0 Å². The number of hydrogen-bond donors (Lipinski definition) is 1. The van der Waals surface area contributed by atoms with Gasteiger partial charge >= 0.3 is 0 Å². The number of rotatable bonds is 8. The molecule has 4 nitrogen and oxygen atoms in total. The molecule has 0 aliphatic rings. The topological polar surface area (TPSA) is 39.1 Å². The maximum Gasteiger partial charge on any atom is 0.128 e. The summed E-state index contributed by atoms with van der Waals surface area (Å²) in [7, 11) is 3.84. The number of nitrogens with zero attached hydrogens (tertiary/aromatic N) is 2. The molecule has 4 heteroatoms. The Labute approximate surface area is 111 Å². The van der Waals surface area contributed by atoms with Gasteiger partial charge in [0.25, 0.3) is 0 Å². The summed E-state index contributed by atoms with van der Waals surface area (Å²) in [5, 5.41) is 3.60. The Bertz CT molecular complexity index is 336. The number of ether oxygens (including phenoxy) is 1. The van der Waals surface area contributed by atoms with E-state index in [1.54, 1.807) is 7.11 Å². The minimum absolute atomic E-state index is 0.137. The summed E-state index contributed by atoms with van der Waals surface area (Å²) in [4.78, 5) is 4.50. The number of methoxy groups -OCH3 is 1. The second kappa shape index (κ2) is 6.90. The Morgan fingerprint density at radius 2 is 2.06 bits per heavy atom. The van der Waals surface area contributed by atoms with E-state index in [9.17, 15) is 0 Å². The van der Waals surface area contributed by atoms with Crippen molar-refractivity contribution in [3.63, 3.8) is 0 Å². The first-order valence-electron chi connectivity index (χ1n) is 6.90. The van der Waals surface area contributed by atoms with Crippen molar-refractivity contribution < 1.29 is 4.74 Å². The van der Waals surface area contributed by atoms with Crippen molar-refractivity contribution in [2.45, 2.75) is 51.7 Å². The molecule has 18 heavy (non-hydrogen) atoms. The molecule has 0 aliphatic heterocycles. The van der Waals surface area contributed by atoms with Gasteiger partial charge in [0.05, 0.1) is 11.6 Å². The summed E-state index contributed by atoms with van der Waals surface area (Å²) in [5.74, 6) is 1.05. The molecule has 104 valence electrons. The maximum atomic E-state index is 5.86. The Morgan fingerprint density at radius 3 is 2.44 bits per heavy atom. The van der Waals surface area contributed by atoms with Gasteiger partial charge in [0.2, 0.25) is 0 Å². The standard InChI is InChI=1S/C14H27N3O/c1-6-9-15-12(13-16-10-11-17(13)4)14(7-2,8-3)18-5/h10-12,15H,6-9H2,1-5H3. The fourth-order valence-corrected chi connectivity index (χ4v) is 2.52. The second-order valence-electron chi connectivity index (χ2n) is 4.76. The van der Waals surface area contributed by atoms with E-state index < -0.39 is 0 Å². The van der Waals surface area contributed by atoms with Crippen LogP contribution in [0.1, 0.15) is 51.9 Å². The van der Waals surface area contributed by atoms with E-state index >= 15 is 0 Å². The van der Waals surface area contributed by atoms with Crippen LogP contribution in [-0.2, 0) is 11.8 Å². The predicted molar refractivity (Wildman–Crippen MR) is 74.6 cm³/mol. The van der Waals surface area contributed by atoms with E-state index in [-0.39, 0.29) is 11.6 Å². The molecule has 0 aliphatic carbocycles. The molecular formula is C14H27N3O. The minimum atomic E-state index is -0.186. The van der Waals surface area contributed by atoms with Crippen molar-refractivity contribution in [1.82, 2.24) is 14.9 Å². The Balaban J connectivity index is 3.07. The average molecular weight is 253 g/mol. The maximum absolute atomic E-state index is 5.86. The lowest BCUT2D eigenvalue weighted by molar-refractivity contribution is -0.0513. The van der Waals surface area contributed by atoms with Crippen molar-refractivity contribution >= 4 is 0 Å². The molecule has 1 rings (SSSR count). The van der Waals surface area contributed by atoms with Crippen LogP contribution in [0.25, 0.3) is 0 Å². The number of nitrogens with one attached hydrogen (secondary N) is 1. The summed E-state index contributed by atoms with van der Waals surface area (Å²) < 4.78 is 7.93. The third kappa shape index (κ3) is 2.93. The van der Waals surface area contributed by atoms with Crippen LogP contribution in [-0.4, -0.2) is 28.8 Å². The van der Waals surface area contributed by atoms with Crippen LogP contribution in [0.3, 0.4) is 0 Å². The van der Waals surface area contributed by atoms with Crippen molar-refractivity contribution in [2.75, 3.05) is 13.7 Å². The number of imidazole rings is 1. The molecule has 0 saturated carbocycles. The molecule has 0 amide bonds. The number of hydrogen-bond acceptors (Lipinski definition) is 3. The van der Waals surface area contributed by atoms with E-state index in [2.05, 4.69) is 35.6 Å². The molecule has 1 heterocycles. The molecular weight excluding hydrogens is 226 g/mol. The lowest BCUT2D eigenvalue weighted by Crippen LogP contribution is -2.46. The van der Waals surface area contributed by atoms with Gasteiger partial charge in [0, 0.05) is 26.6 Å². The van der Waals surface area contributed by atoms with Gasteiger partial charge in [-0.1, -0.05) is 20.8 Å². The highest BCUT2D eigenvalue weighted by Crippen LogP contribution is 2.34. The monoisotopic (exact) mass is 253 g/mol. The van der Waals surface area contributed by atoms with Crippen LogP contribution in [0.5, 0.6) is 0 Å². The SMILES string of the molecule is CCCNC(c1nccn1C)C(CC)(CC)OC. The van der Waals surface area contributed by atoms with Crippen LogP contribution >= 0.6 is 0 Å². The predicted octanol–water partition coefficient (Wildman–Crippen LogP) is 2.67. The van der Waals surface area contributed by atoms with Crippen LogP contribution in [0.15, 0.2) is 12.4 Å². The number of aryl methyl sites for hydroxylation is 1. The average Bonchev–Trinajstić information content (AvgIpc) is 2.81. The molecule has 1 N–H and O–H groups in total. The Hall–Kier alpha value is -0.870. The molecule has 0 fully saturated rings. The Morgan fingerprint density at radius 1 is 1.39 bits per heavy atom. The van der Waals surface area contributed by atoms with Crippen LogP contribution in [0.4, 0.5) is 0 Å². The first kappa shape index (κ1) is 15.2. The molecule has 0 aromatic carbocycles. The first-order chi connectivity index (χ1) is 8.65. The molecule has 0 bridgehead atoms. The van der Waals surface area contributed by atoms with E-state index in [4.69, 9.17) is 4.74 Å². The van der Waals surface area contributed by atoms with Gasteiger partial charge in [-0.15, -0.1) is 0 Å². The first-order valence-corrected chi connectivity index (χ1v) is 6.90. The van der Waals surface area contributed by atoms with E-state index in [0.29, 0.717) is 0 Å². The smallest absolute Gasteiger partial charge is 0.128 e. The van der Waals surface area contributed by atoms with Gasteiger partial charge in [-0.3, -0.25) is 0 Å². The largest absolute Gasteiger partial charge is 0.376 e. The zero-order valence-electron chi connectivity index (χ0n) is 12.4. The van der Waals surface area contributed by atoms with Crippen molar-refractivity contribution in [2.24, 2.45) is 7.05 Å². The highest BCUT2D eigenvalue weighted by Gasteiger charge is 2.38. The zero-order valence-corrected chi connectivity index (χ0v) is 12.4. The molecule has 1 unspecified atom stereocenters. The van der Waals surface area contributed by atoms with Crippen LogP contribution in [0, 0.1) is 0 Å². The fourth-order valence-electron chi connectivity index (χ4n) is 2.52. The summed E-state index contributed by atoms with van der Waals surface area (Å²) in [6.45, 7) is 7.50. The fraction of sp³-hybridized carbons (Fsp3) is 0.786. The second-order valence-corrected chi connectivity index (χ2v) is 4.76. The van der Waals surface area contributed by atoms with Crippen LogP contribution in [0.2, 0.25) is 0 Å². The molecule has 0 radical (unpaired) electrons. The van der Waals surface area contributed by atoms with E-state index in [1.807, 2.05) is 19.4 Å². The van der Waals surface area contributed by atoms with E-state index in [1.165, 1.54) is 0 Å². The third-order valence-corrected chi connectivity index (χ3v) is 3.84. The molecule has 1 aromatic heterocycles. The van der Waals surface area contributed by atoms with Crippen molar-refractivity contribution in [3.05, 3.63) is 18.2 Å². The summed E-state index contributed by atoms with van der Waals surface area (Å²) in [5.41, 5.74) is -0.186. The van der Waals surface area contributed by atoms with Gasteiger partial charge in [-0.05, 0) is 25.8 Å². The molecule has 0 spiro atoms. The van der Waals surface area contributed by atoms with Crippen molar-refractivity contribution in [1.29, 1.82) is 0 Å². The lowest BCUT2D eigenvalue weighted by Gasteiger charge is -2.38. The number of aromatic nitrogens is 2. The van der Waals surface area contributed by atoms with Gasteiger partial charge < -0.3 is 14.6 Å². The van der Waals surface area contributed by atoms with Gasteiger partial charge in [-0.2, -0.15) is 0 Å². The van der Waals surface area contributed by atoms with E-state index in [0.717, 1.165) is 31.6 Å². The van der Waals surface area contributed by atoms with Gasteiger partial charge in [0.1, 0.15) is 5.82 Å². The zero-order chi connectivity index (χ0) is 13.6. The quantitative estimate of drug-likeness (QED) is 0.774. The highest BCUT2D eigenvalue weighted by molar-refractivity contribution is 5.07. The Kier molecular flexibility index (Phi) is 5.82. The van der Waals surface area contributed by atoms with Crippen LogP contribution < -0.4 is 5.32 Å².